The van der Waals surface area contributed by atoms with Crippen LogP contribution in [0.4, 0.5) is 0 Å². The molecule has 0 spiro atoms. The average molecular weight is 454 g/mol. The molecule has 0 saturated carbocycles. The van der Waals surface area contributed by atoms with Crippen LogP contribution in [0, 0.1) is 5.92 Å². The van der Waals surface area contributed by atoms with Crippen LogP contribution in [0.2, 0.25) is 0 Å². The fraction of sp³-hybridized carbons (Fsp3) is 0.882. The van der Waals surface area contributed by atoms with E-state index in [0.717, 1.165) is 38.4 Å². The molecule has 6 nitrogen and oxygen atoms in total. The summed E-state index contributed by atoms with van der Waals surface area (Å²) in [6, 6.07) is 0. The minimum Gasteiger partial charge on any atom is -0.388 e. The van der Waals surface area contributed by atoms with Gasteiger partial charge in [0.1, 0.15) is 0 Å². The fourth-order valence-electron chi connectivity index (χ4n) is 2.83. The number of hydrogen-bond acceptors (Lipinski definition) is 3. The highest BCUT2D eigenvalue weighted by molar-refractivity contribution is 14.0. The second-order valence-corrected chi connectivity index (χ2v) is 6.41. The van der Waals surface area contributed by atoms with Crippen LogP contribution in [-0.2, 0) is 4.79 Å². The number of nitrogens with zero attached hydrogens (tertiary/aromatic N) is 2. The number of carbonyl (C=O) groups excluding carboxylic acids is 1. The highest BCUT2D eigenvalue weighted by Gasteiger charge is 2.25. The van der Waals surface area contributed by atoms with Gasteiger partial charge in [-0.1, -0.05) is 13.8 Å². The smallest absolute Gasteiger partial charge is 0.220 e. The third kappa shape index (κ3) is 7.55. The van der Waals surface area contributed by atoms with Gasteiger partial charge in [0.15, 0.2) is 5.96 Å². The summed E-state index contributed by atoms with van der Waals surface area (Å²) in [5.74, 6) is 1.46. The highest BCUT2D eigenvalue weighted by atomic mass is 127. The van der Waals surface area contributed by atoms with Crippen LogP contribution in [0.1, 0.15) is 52.9 Å². The molecule has 1 heterocycles. The zero-order valence-electron chi connectivity index (χ0n) is 15.6. The van der Waals surface area contributed by atoms with Crippen LogP contribution >= 0.6 is 24.0 Å². The van der Waals surface area contributed by atoms with E-state index in [-0.39, 0.29) is 29.9 Å². The van der Waals surface area contributed by atoms with Crippen molar-refractivity contribution in [3.8, 4) is 0 Å². The topological polar surface area (TPSA) is 77.0 Å². The number of guanidine groups is 1. The molecule has 1 aliphatic heterocycles. The first-order chi connectivity index (χ1) is 11.0. The summed E-state index contributed by atoms with van der Waals surface area (Å²) in [5, 5.41) is 16.4. The van der Waals surface area contributed by atoms with E-state index in [9.17, 15) is 9.90 Å². The molecule has 0 atom stereocenters. The molecule has 7 heteroatoms. The number of rotatable bonds is 7. The highest BCUT2D eigenvalue weighted by Crippen LogP contribution is 2.21. The van der Waals surface area contributed by atoms with Gasteiger partial charge in [-0.05, 0) is 38.5 Å². The van der Waals surface area contributed by atoms with Crippen molar-refractivity contribution in [1.82, 2.24) is 15.5 Å². The molecule has 1 fully saturated rings. The molecule has 1 saturated heterocycles. The molecule has 24 heavy (non-hydrogen) atoms. The summed E-state index contributed by atoms with van der Waals surface area (Å²) in [6.07, 6.45) is 4.04. The quantitative estimate of drug-likeness (QED) is 0.312. The van der Waals surface area contributed by atoms with Gasteiger partial charge in [-0.15, -0.1) is 24.0 Å². The molecule has 0 unspecified atom stereocenters. The molecule has 0 aromatic heterocycles. The third-order valence-corrected chi connectivity index (χ3v) is 4.84. The van der Waals surface area contributed by atoms with Gasteiger partial charge in [-0.2, -0.15) is 0 Å². The van der Waals surface area contributed by atoms with Gasteiger partial charge in [-0.3, -0.25) is 9.79 Å². The first kappa shape index (κ1) is 23.4. The molecule has 0 aliphatic carbocycles. The maximum atomic E-state index is 11.5. The lowest BCUT2D eigenvalue weighted by molar-refractivity contribution is -0.121. The van der Waals surface area contributed by atoms with E-state index < -0.39 is 5.60 Å². The SMILES string of the molecule is CCNC(=NCC(O)(CC)CC)N1CCC(CC(=O)NC)CC1.I. The first-order valence-corrected chi connectivity index (χ1v) is 8.94. The number of halogens is 1. The zero-order chi connectivity index (χ0) is 17.3. The Morgan fingerprint density at radius 1 is 1.25 bits per heavy atom. The maximum Gasteiger partial charge on any atom is 0.220 e. The van der Waals surface area contributed by atoms with Crippen LogP contribution in [-0.4, -0.2) is 60.7 Å². The number of amides is 1. The number of nitrogens with one attached hydrogen (secondary N) is 2. The number of hydrogen-bond donors (Lipinski definition) is 3. The predicted octanol–water partition coefficient (Wildman–Crippen LogP) is 1.97. The Labute approximate surface area is 163 Å². The van der Waals surface area contributed by atoms with Gasteiger partial charge >= 0.3 is 0 Å². The van der Waals surface area contributed by atoms with Crippen molar-refractivity contribution >= 4 is 35.8 Å². The van der Waals surface area contributed by atoms with E-state index in [4.69, 9.17) is 0 Å². The Morgan fingerprint density at radius 3 is 2.29 bits per heavy atom. The van der Waals surface area contributed by atoms with Crippen LogP contribution < -0.4 is 10.6 Å². The first-order valence-electron chi connectivity index (χ1n) is 8.94. The number of carbonyl (C=O) groups is 1. The Hall–Kier alpha value is -0.570. The number of piperidine rings is 1. The fourth-order valence-corrected chi connectivity index (χ4v) is 2.83. The molecular weight excluding hydrogens is 419 g/mol. The summed E-state index contributed by atoms with van der Waals surface area (Å²) >= 11 is 0. The summed E-state index contributed by atoms with van der Waals surface area (Å²) in [6.45, 7) is 9.11. The standard InChI is InChI=1S/C17H34N4O2.HI/c1-5-17(23,6-2)13-20-16(19-7-3)21-10-8-14(9-11-21)12-15(22)18-4;/h14,23H,5-13H2,1-4H3,(H,18,22)(H,19,20);1H. The van der Waals surface area contributed by atoms with Gasteiger partial charge in [0.2, 0.25) is 5.91 Å². The lowest BCUT2D eigenvalue weighted by atomic mass is 9.93. The van der Waals surface area contributed by atoms with E-state index in [1.54, 1.807) is 7.05 Å². The van der Waals surface area contributed by atoms with Gasteiger partial charge in [0.25, 0.3) is 0 Å². The lowest BCUT2D eigenvalue weighted by Gasteiger charge is -2.34. The largest absolute Gasteiger partial charge is 0.388 e. The third-order valence-electron chi connectivity index (χ3n) is 4.84. The maximum absolute atomic E-state index is 11.5. The van der Waals surface area contributed by atoms with E-state index in [0.29, 0.717) is 31.7 Å². The molecular formula is C17H35IN4O2. The molecule has 0 radical (unpaired) electrons. The van der Waals surface area contributed by atoms with Crippen molar-refractivity contribution in [3.63, 3.8) is 0 Å². The minimum atomic E-state index is -0.710. The normalized spacial score (nSPS) is 16.5. The molecule has 0 bridgehead atoms. The van der Waals surface area contributed by atoms with E-state index in [1.165, 1.54) is 0 Å². The second-order valence-electron chi connectivity index (χ2n) is 6.41. The van der Waals surface area contributed by atoms with Gasteiger partial charge < -0.3 is 20.6 Å². The molecule has 0 aromatic carbocycles. The number of aliphatic hydroxyl groups is 1. The van der Waals surface area contributed by atoms with E-state index in [1.807, 2.05) is 13.8 Å². The second kappa shape index (κ2) is 11.9. The van der Waals surface area contributed by atoms with Crippen molar-refractivity contribution in [1.29, 1.82) is 0 Å². The Morgan fingerprint density at radius 2 is 1.83 bits per heavy atom. The summed E-state index contributed by atoms with van der Waals surface area (Å²) in [5.41, 5.74) is -0.710. The van der Waals surface area contributed by atoms with Crippen LogP contribution in [0.15, 0.2) is 4.99 Å². The average Bonchev–Trinajstić information content (AvgIpc) is 2.59. The molecule has 1 amide bonds. The monoisotopic (exact) mass is 454 g/mol. The van der Waals surface area contributed by atoms with Gasteiger partial charge in [0.05, 0.1) is 12.1 Å². The van der Waals surface area contributed by atoms with Gasteiger partial charge in [0, 0.05) is 33.1 Å². The Kier molecular flexibility index (Phi) is 11.6. The molecule has 3 N–H and O–H groups in total. The van der Waals surface area contributed by atoms with Crippen molar-refractivity contribution in [2.24, 2.45) is 10.9 Å². The number of aliphatic imine (C=N–C) groups is 1. The van der Waals surface area contributed by atoms with Gasteiger partial charge in [-0.25, -0.2) is 0 Å². The predicted molar refractivity (Wildman–Crippen MR) is 110 cm³/mol. The van der Waals surface area contributed by atoms with E-state index >= 15 is 0 Å². The summed E-state index contributed by atoms with van der Waals surface area (Å²) in [4.78, 5) is 18.4. The summed E-state index contributed by atoms with van der Waals surface area (Å²) in [7, 11) is 1.69. The van der Waals surface area contributed by atoms with Crippen molar-refractivity contribution in [2.75, 3.05) is 33.2 Å². The lowest BCUT2D eigenvalue weighted by Crippen LogP contribution is -2.47. The van der Waals surface area contributed by atoms with Crippen molar-refractivity contribution in [3.05, 3.63) is 0 Å². The Bertz CT molecular complexity index is 392. The van der Waals surface area contributed by atoms with Crippen molar-refractivity contribution < 1.29 is 9.90 Å². The summed E-state index contributed by atoms with van der Waals surface area (Å²) < 4.78 is 0. The van der Waals surface area contributed by atoms with E-state index in [2.05, 4.69) is 27.4 Å². The minimum absolute atomic E-state index is 0. The number of likely N-dealkylation sites (tertiary alicyclic amines) is 1. The molecule has 1 rings (SSSR count). The molecule has 0 aromatic rings. The van der Waals surface area contributed by atoms with Crippen LogP contribution in [0.25, 0.3) is 0 Å². The van der Waals surface area contributed by atoms with Crippen LogP contribution in [0.3, 0.4) is 0 Å². The Balaban J connectivity index is 0.00000529. The zero-order valence-corrected chi connectivity index (χ0v) is 17.9. The van der Waals surface area contributed by atoms with Crippen molar-refractivity contribution in [2.45, 2.75) is 58.5 Å². The molecule has 1 aliphatic rings. The molecule has 142 valence electrons. The van der Waals surface area contributed by atoms with Crippen LogP contribution in [0.5, 0.6) is 0 Å².